The van der Waals surface area contributed by atoms with Crippen molar-refractivity contribution in [3.05, 3.63) is 32.4 Å². The molecule has 0 aromatic carbocycles. The third-order valence-electron chi connectivity index (χ3n) is 2.06. The minimum Gasteiger partial charge on any atom is -0.466 e. The smallest absolute Gasteiger partial charge is 0.339 e. The molecular weight excluding hydrogens is 258 g/mol. The summed E-state index contributed by atoms with van der Waals surface area (Å²) < 4.78 is 5.90. The van der Waals surface area contributed by atoms with Gasteiger partial charge in [0.1, 0.15) is 0 Å². The zero-order valence-corrected chi connectivity index (χ0v) is 11.0. The fourth-order valence-electron chi connectivity index (χ4n) is 1.08. The highest BCUT2D eigenvalue weighted by molar-refractivity contribution is 7.99. The lowest BCUT2D eigenvalue weighted by Crippen LogP contribution is -2.33. The molecule has 0 spiro atoms. The van der Waals surface area contributed by atoms with E-state index in [4.69, 9.17) is 0 Å². The second kappa shape index (κ2) is 6.20. The lowest BCUT2D eigenvalue weighted by molar-refractivity contribution is -0.136. The molecule has 0 saturated heterocycles. The van der Waals surface area contributed by atoms with E-state index in [2.05, 4.69) is 14.8 Å². The second-order valence-electron chi connectivity index (χ2n) is 3.39. The molecule has 0 aliphatic heterocycles. The molecule has 1 heterocycles. The van der Waals surface area contributed by atoms with Crippen LogP contribution in [0.2, 0.25) is 0 Å². The summed E-state index contributed by atoms with van der Waals surface area (Å²) in [5.41, 5.74) is -1.12. The average Bonchev–Trinajstić information content (AvgIpc) is 2.34. The summed E-state index contributed by atoms with van der Waals surface area (Å²) in [5.74, 6) is 0.0340. The number of thioether (sulfide) groups is 1. The Morgan fingerprint density at radius 2 is 2.22 bits per heavy atom. The Hall–Kier alpha value is -1.83. The summed E-state index contributed by atoms with van der Waals surface area (Å²) in [4.78, 5) is 36.8. The van der Waals surface area contributed by atoms with E-state index in [1.807, 2.05) is 0 Å². The number of hydrogen-bond donors (Lipinski definition) is 1. The molecule has 0 atom stereocenters. The highest BCUT2D eigenvalue weighted by Gasteiger charge is 2.05. The van der Waals surface area contributed by atoms with Crippen molar-refractivity contribution in [1.29, 1.82) is 0 Å². The van der Waals surface area contributed by atoms with Gasteiger partial charge in [-0.2, -0.15) is 4.98 Å². The minimum atomic E-state index is -0.829. The molecule has 0 unspecified atom stereocenters. The molecule has 0 fully saturated rings. The first-order valence-corrected chi connectivity index (χ1v) is 5.99. The molecule has 1 N–H and O–H groups in total. The lowest BCUT2D eigenvalue weighted by Gasteiger charge is -2.04. The number of ether oxygens (including phenoxy) is 1. The Bertz CT molecular complexity index is 588. The van der Waals surface area contributed by atoms with Crippen LogP contribution in [0.4, 0.5) is 0 Å². The van der Waals surface area contributed by atoms with Crippen molar-refractivity contribution in [2.24, 2.45) is 7.05 Å². The molecule has 0 aliphatic rings. The van der Waals surface area contributed by atoms with Crippen LogP contribution >= 0.6 is 11.8 Å². The molecule has 0 aliphatic carbocycles. The van der Waals surface area contributed by atoms with Gasteiger partial charge in [0.05, 0.1) is 7.11 Å². The van der Waals surface area contributed by atoms with Crippen LogP contribution in [-0.4, -0.2) is 33.6 Å². The third-order valence-corrected chi connectivity index (χ3v) is 3.01. The van der Waals surface area contributed by atoms with E-state index in [9.17, 15) is 14.4 Å². The molecule has 98 valence electrons. The normalized spacial score (nSPS) is 11.4. The summed E-state index contributed by atoms with van der Waals surface area (Å²) in [6, 6.07) is 0. The number of hydrogen-bond acceptors (Lipinski definition) is 6. The van der Waals surface area contributed by atoms with Gasteiger partial charge in [0, 0.05) is 18.4 Å². The van der Waals surface area contributed by atoms with Crippen LogP contribution in [0.15, 0.2) is 26.4 Å². The van der Waals surface area contributed by atoms with Gasteiger partial charge in [0.15, 0.2) is 5.16 Å². The van der Waals surface area contributed by atoms with E-state index < -0.39 is 17.1 Å². The molecule has 0 radical (unpaired) electrons. The van der Waals surface area contributed by atoms with Gasteiger partial charge >= 0.3 is 17.1 Å². The zero-order valence-electron chi connectivity index (χ0n) is 10.2. The molecule has 8 heteroatoms. The first-order valence-electron chi connectivity index (χ1n) is 5.01. The van der Waals surface area contributed by atoms with Crippen molar-refractivity contribution in [3.8, 4) is 0 Å². The zero-order chi connectivity index (χ0) is 13.7. The standard InChI is InChI=1S/C10H13N3O4S/c1-6(9(16)17-3)4-5-18-10-11-7(14)8(15)12-13(10)2/h4H,5H2,1-3H3,(H,12,15). The number of rotatable bonds is 4. The molecule has 1 aromatic heterocycles. The van der Waals surface area contributed by atoms with Crippen molar-refractivity contribution >= 4 is 17.7 Å². The number of methoxy groups -OCH3 is 1. The molecular formula is C10H13N3O4S. The third kappa shape index (κ3) is 3.59. The van der Waals surface area contributed by atoms with Crippen molar-refractivity contribution in [3.63, 3.8) is 0 Å². The van der Waals surface area contributed by atoms with Crippen LogP contribution in [0, 0.1) is 0 Å². The molecule has 1 rings (SSSR count). The van der Waals surface area contributed by atoms with Gasteiger partial charge < -0.3 is 4.74 Å². The molecule has 1 aromatic rings. The Morgan fingerprint density at radius 3 is 2.83 bits per heavy atom. The predicted molar refractivity (Wildman–Crippen MR) is 66.6 cm³/mol. The Balaban J connectivity index is 2.76. The predicted octanol–water partition coefficient (Wildman–Crippen LogP) is -0.320. The van der Waals surface area contributed by atoms with Gasteiger partial charge in [-0.1, -0.05) is 17.8 Å². The van der Waals surface area contributed by atoms with E-state index in [0.717, 1.165) is 0 Å². The Labute approximate surface area is 107 Å². The maximum absolute atomic E-state index is 11.1. The monoisotopic (exact) mass is 271 g/mol. The number of carbonyl (C=O) groups is 1. The van der Waals surface area contributed by atoms with E-state index in [0.29, 0.717) is 16.5 Å². The SMILES string of the molecule is COC(=O)C(C)=CCSc1nc(=O)c(=O)[nH]n1C. The van der Waals surface area contributed by atoms with Crippen molar-refractivity contribution in [2.45, 2.75) is 12.1 Å². The number of aromatic nitrogens is 3. The number of nitrogens with one attached hydrogen (secondary N) is 1. The summed E-state index contributed by atoms with van der Waals surface area (Å²) in [7, 11) is 2.88. The number of H-pyrrole nitrogens is 1. The maximum atomic E-state index is 11.1. The molecule has 0 amide bonds. The molecule has 0 saturated carbocycles. The maximum Gasteiger partial charge on any atom is 0.339 e. The first kappa shape index (κ1) is 14.2. The first-order chi connectivity index (χ1) is 8.45. The minimum absolute atomic E-state index is 0.369. The summed E-state index contributed by atoms with van der Waals surface area (Å²) in [6.07, 6.45) is 1.66. The van der Waals surface area contributed by atoms with Crippen LogP contribution in [0.3, 0.4) is 0 Å². The summed E-state index contributed by atoms with van der Waals surface area (Å²) in [6.45, 7) is 1.63. The van der Waals surface area contributed by atoms with Gasteiger partial charge in [0.25, 0.3) is 0 Å². The van der Waals surface area contributed by atoms with Crippen LogP contribution in [0.5, 0.6) is 0 Å². The molecule has 7 nitrogen and oxygen atoms in total. The summed E-state index contributed by atoms with van der Waals surface area (Å²) in [5, 5.41) is 2.70. The number of carbonyl (C=O) groups excluding carboxylic acids is 1. The fourth-order valence-corrected chi connectivity index (χ4v) is 1.94. The largest absolute Gasteiger partial charge is 0.466 e. The van der Waals surface area contributed by atoms with E-state index >= 15 is 0 Å². The van der Waals surface area contributed by atoms with Gasteiger partial charge in [-0.3, -0.25) is 19.4 Å². The van der Waals surface area contributed by atoms with Crippen molar-refractivity contribution < 1.29 is 9.53 Å². The van der Waals surface area contributed by atoms with Gasteiger partial charge in [-0.25, -0.2) is 4.79 Å². The number of aromatic amines is 1. The molecule has 18 heavy (non-hydrogen) atoms. The number of nitrogens with zero attached hydrogens (tertiary/aromatic N) is 2. The number of aryl methyl sites for hydroxylation is 1. The fraction of sp³-hybridized carbons (Fsp3) is 0.400. The van der Waals surface area contributed by atoms with Gasteiger partial charge in [-0.15, -0.1) is 0 Å². The highest BCUT2D eigenvalue weighted by Crippen LogP contribution is 2.12. The second-order valence-corrected chi connectivity index (χ2v) is 4.38. The summed E-state index contributed by atoms with van der Waals surface area (Å²) >= 11 is 1.22. The highest BCUT2D eigenvalue weighted by atomic mass is 32.2. The quantitative estimate of drug-likeness (QED) is 0.349. The van der Waals surface area contributed by atoms with E-state index in [1.165, 1.54) is 23.6 Å². The van der Waals surface area contributed by atoms with E-state index in [1.54, 1.807) is 20.0 Å². The lowest BCUT2D eigenvalue weighted by atomic mass is 10.3. The Kier molecular flexibility index (Phi) is 4.90. The van der Waals surface area contributed by atoms with Gasteiger partial charge in [-0.05, 0) is 6.92 Å². The van der Waals surface area contributed by atoms with Crippen LogP contribution in [-0.2, 0) is 16.6 Å². The molecule has 0 bridgehead atoms. The van der Waals surface area contributed by atoms with Gasteiger partial charge in [0.2, 0.25) is 0 Å². The van der Waals surface area contributed by atoms with Crippen LogP contribution in [0.25, 0.3) is 0 Å². The topological polar surface area (TPSA) is 94.1 Å². The number of esters is 1. The van der Waals surface area contributed by atoms with Crippen molar-refractivity contribution in [2.75, 3.05) is 12.9 Å². The average molecular weight is 271 g/mol. The van der Waals surface area contributed by atoms with E-state index in [-0.39, 0.29) is 0 Å². The van der Waals surface area contributed by atoms with Crippen LogP contribution in [0.1, 0.15) is 6.92 Å². The van der Waals surface area contributed by atoms with Crippen LogP contribution < -0.4 is 11.1 Å². The Morgan fingerprint density at radius 1 is 1.56 bits per heavy atom. The van der Waals surface area contributed by atoms with Crippen molar-refractivity contribution in [1.82, 2.24) is 14.8 Å².